The summed E-state index contributed by atoms with van der Waals surface area (Å²) in [7, 11) is 0. The largest absolute Gasteiger partial charge is 0.339 e. The molecule has 3 rings (SSSR count). The highest BCUT2D eigenvalue weighted by molar-refractivity contribution is 5.78. The predicted octanol–water partition coefficient (Wildman–Crippen LogP) is 0.489. The van der Waals surface area contributed by atoms with E-state index in [-0.39, 0.29) is 11.9 Å². The lowest BCUT2D eigenvalue weighted by Gasteiger charge is -2.35. The minimum atomic E-state index is 0.0432. The topological polar surface area (TPSA) is 55.9 Å². The molecule has 6 nitrogen and oxygen atoms in total. The first-order valence-electron chi connectivity index (χ1n) is 8.28. The lowest BCUT2D eigenvalue weighted by atomic mass is 10.2. The first-order valence-corrected chi connectivity index (χ1v) is 8.28. The Morgan fingerprint density at radius 1 is 0.905 bits per heavy atom. The van der Waals surface area contributed by atoms with E-state index in [2.05, 4.69) is 10.2 Å². The Kier molecular flexibility index (Phi) is 4.63. The third-order valence-corrected chi connectivity index (χ3v) is 4.67. The van der Waals surface area contributed by atoms with Gasteiger partial charge >= 0.3 is 6.03 Å². The van der Waals surface area contributed by atoms with Crippen molar-refractivity contribution in [1.82, 2.24) is 20.0 Å². The number of hydrogen-bond acceptors (Lipinski definition) is 3. The SMILES string of the molecule is O=C(CCN1CCCC1)N1CCN(C(=O)NC2CC2)CC1. The van der Waals surface area contributed by atoms with E-state index in [1.807, 2.05) is 9.80 Å². The summed E-state index contributed by atoms with van der Waals surface area (Å²) in [5.41, 5.74) is 0. The van der Waals surface area contributed by atoms with Crippen LogP contribution >= 0.6 is 0 Å². The van der Waals surface area contributed by atoms with Crippen molar-refractivity contribution in [3.05, 3.63) is 0 Å². The molecule has 2 saturated heterocycles. The van der Waals surface area contributed by atoms with E-state index in [0.29, 0.717) is 38.6 Å². The van der Waals surface area contributed by atoms with Gasteiger partial charge in [-0.1, -0.05) is 0 Å². The molecular weight excluding hydrogens is 268 g/mol. The van der Waals surface area contributed by atoms with Crippen LogP contribution in [-0.4, -0.2) is 78.5 Å². The van der Waals surface area contributed by atoms with Crippen LogP contribution in [0.25, 0.3) is 0 Å². The van der Waals surface area contributed by atoms with Crippen molar-refractivity contribution in [2.24, 2.45) is 0 Å². The van der Waals surface area contributed by atoms with Gasteiger partial charge in [0.1, 0.15) is 0 Å². The van der Waals surface area contributed by atoms with Crippen LogP contribution in [0.4, 0.5) is 4.79 Å². The Hall–Kier alpha value is -1.30. The van der Waals surface area contributed by atoms with Crippen molar-refractivity contribution >= 4 is 11.9 Å². The van der Waals surface area contributed by atoms with Gasteiger partial charge in [0.15, 0.2) is 0 Å². The molecule has 21 heavy (non-hydrogen) atoms. The fraction of sp³-hybridized carbons (Fsp3) is 0.867. The molecule has 0 aromatic rings. The number of carbonyl (C=O) groups is 2. The number of nitrogens with one attached hydrogen (secondary N) is 1. The second-order valence-corrected chi connectivity index (χ2v) is 6.39. The summed E-state index contributed by atoms with van der Waals surface area (Å²) in [6, 6.07) is 0.444. The minimum absolute atomic E-state index is 0.0432. The van der Waals surface area contributed by atoms with Gasteiger partial charge in [-0.25, -0.2) is 4.79 Å². The second kappa shape index (κ2) is 6.64. The molecule has 6 heteroatoms. The molecule has 0 unspecified atom stereocenters. The zero-order valence-corrected chi connectivity index (χ0v) is 12.7. The van der Waals surface area contributed by atoms with E-state index < -0.39 is 0 Å². The maximum atomic E-state index is 12.2. The van der Waals surface area contributed by atoms with Crippen LogP contribution in [-0.2, 0) is 4.79 Å². The van der Waals surface area contributed by atoms with Crippen molar-refractivity contribution < 1.29 is 9.59 Å². The highest BCUT2D eigenvalue weighted by Gasteiger charge is 2.28. The molecule has 3 amide bonds. The lowest BCUT2D eigenvalue weighted by molar-refractivity contribution is -0.132. The van der Waals surface area contributed by atoms with Gasteiger partial charge in [-0.3, -0.25) is 4.79 Å². The van der Waals surface area contributed by atoms with Crippen molar-refractivity contribution in [3.8, 4) is 0 Å². The summed E-state index contributed by atoms with van der Waals surface area (Å²) in [4.78, 5) is 30.3. The minimum Gasteiger partial charge on any atom is -0.339 e. The van der Waals surface area contributed by atoms with E-state index in [0.717, 1.165) is 32.5 Å². The van der Waals surface area contributed by atoms with Crippen molar-refractivity contribution in [1.29, 1.82) is 0 Å². The van der Waals surface area contributed by atoms with Crippen LogP contribution in [0, 0.1) is 0 Å². The molecule has 1 aliphatic carbocycles. The highest BCUT2D eigenvalue weighted by atomic mass is 16.2. The maximum Gasteiger partial charge on any atom is 0.317 e. The standard InChI is InChI=1S/C15H26N4O2/c20-14(5-8-17-6-1-2-7-17)18-9-11-19(12-10-18)15(21)16-13-3-4-13/h13H,1-12H2,(H,16,21). The summed E-state index contributed by atoms with van der Waals surface area (Å²) in [5, 5.41) is 3.01. The summed E-state index contributed by atoms with van der Waals surface area (Å²) < 4.78 is 0. The summed E-state index contributed by atoms with van der Waals surface area (Å²) in [6.07, 6.45) is 5.38. The van der Waals surface area contributed by atoms with Gasteiger partial charge in [-0.2, -0.15) is 0 Å². The molecular formula is C15H26N4O2. The molecule has 0 aromatic heterocycles. The number of urea groups is 1. The molecule has 3 aliphatic rings. The number of nitrogens with zero attached hydrogens (tertiary/aromatic N) is 3. The number of piperazine rings is 1. The fourth-order valence-corrected chi connectivity index (χ4v) is 3.07. The molecule has 3 fully saturated rings. The van der Waals surface area contributed by atoms with Gasteiger partial charge in [0, 0.05) is 45.2 Å². The van der Waals surface area contributed by atoms with Crippen molar-refractivity contribution in [2.75, 3.05) is 45.8 Å². The Bertz CT molecular complexity index is 383. The van der Waals surface area contributed by atoms with Crippen LogP contribution in [0.2, 0.25) is 0 Å². The van der Waals surface area contributed by atoms with E-state index in [1.165, 1.54) is 12.8 Å². The zero-order valence-electron chi connectivity index (χ0n) is 12.7. The number of likely N-dealkylation sites (tertiary alicyclic amines) is 1. The quantitative estimate of drug-likeness (QED) is 0.821. The number of rotatable bonds is 4. The molecule has 1 N–H and O–H groups in total. The molecule has 2 heterocycles. The van der Waals surface area contributed by atoms with Crippen molar-refractivity contribution in [3.63, 3.8) is 0 Å². The van der Waals surface area contributed by atoms with E-state index >= 15 is 0 Å². The summed E-state index contributed by atoms with van der Waals surface area (Å²) in [6.45, 7) is 5.85. The van der Waals surface area contributed by atoms with Crippen LogP contribution in [0.15, 0.2) is 0 Å². The van der Waals surface area contributed by atoms with Gasteiger partial charge < -0.3 is 20.0 Å². The van der Waals surface area contributed by atoms with E-state index in [9.17, 15) is 9.59 Å². The third kappa shape index (κ3) is 4.09. The Labute approximate surface area is 126 Å². The fourth-order valence-electron chi connectivity index (χ4n) is 3.07. The molecule has 0 bridgehead atoms. The first-order chi connectivity index (χ1) is 10.2. The van der Waals surface area contributed by atoms with E-state index in [1.54, 1.807) is 0 Å². The molecule has 1 saturated carbocycles. The second-order valence-electron chi connectivity index (χ2n) is 6.39. The maximum absolute atomic E-state index is 12.2. The van der Waals surface area contributed by atoms with Gasteiger partial charge in [0.2, 0.25) is 5.91 Å². The molecule has 0 atom stereocenters. The number of amides is 3. The third-order valence-electron chi connectivity index (χ3n) is 4.67. The Morgan fingerprint density at radius 3 is 2.14 bits per heavy atom. The molecule has 2 aliphatic heterocycles. The average Bonchev–Trinajstić information content (AvgIpc) is 3.16. The van der Waals surface area contributed by atoms with Crippen LogP contribution in [0.3, 0.4) is 0 Å². The normalized spacial score (nSPS) is 23.4. The molecule has 0 radical (unpaired) electrons. The first kappa shape index (κ1) is 14.6. The average molecular weight is 294 g/mol. The smallest absolute Gasteiger partial charge is 0.317 e. The van der Waals surface area contributed by atoms with Gasteiger partial charge in [0.05, 0.1) is 0 Å². The van der Waals surface area contributed by atoms with Crippen LogP contribution in [0.1, 0.15) is 32.1 Å². The highest BCUT2D eigenvalue weighted by Crippen LogP contribution is 2.19. The Morgan fingerprint density at radius 2 is 1.52 bits per heavy atom. The Balaban J connectivity index is 1.35. The summed E-state index contributed by atoms with van der Waals surface area (Å²) >= 11 is 0. The number of hydrogen-bond donors (Lipinski definition) is 1. The molecule has 0 spiro atoms. The molecule has 0 aromatic carbocycles. The van der Waals surface area contributed by atoms with Crippen LogP contribution in [0.5, 0.6) is 0 Å². The van der Waals surface area contributed by atoms with E-state index in [4.69, 9.17) is 0 Å². The number of carbonyl (C=O) groups excluding carboxylic acids is 2. The van der Waals surface area contributed by atoms with Crippen LogP contribution < -0.4 is 5.32 Å². The van der Waals surface area contributed by atoms with Gasteiger partial charge in [-0.15, -0.1) is 0 Å². The van der Waals surface area contributed by atoms with Gasteiger partial charge in [0.25, 0.3) is 0 Å². The summed E-state index contributed by atoms with van der Waals surface area (Å²) in [5.74, 6) is 0.240. The molecule has 118 valence electrons. The van der Waals surface area contributed by atoms with Crippen molar-refractivity contribution in [2.45, 2.75) is 38.1 Å². The monoisotopic (exact) mass is 294 g/mol. The van der Waals surface area contributed by atoms with Gasteiger partial charge in [-0.05, 0) is 38.8 Å². The lowest BCUT2D eigenvalue weighted by Crippen LogP contribution is -2.53. The predicted molar refractivity (Wildman–Crippen MR) is 80.0 cm³/mol. The zero-order chi connectivity index (χ0) is 14.7.